The summed E-state index contributed by atoms with van der Waals surface area (Å²) in [7, 11) is 0. The van der Waals surface area contributed by atoms with E-state index >= 15 is 0 Å². The van der Waals surface area contributed by atoms with E-state index in [-0.39, 0.29) is 22.3 Å². The van der Waals surface area contributed by atoms with Crippen molar-refractivity contribution >= 4 is 39.4 Å². The molecule has 0 aromatic heterocycles. The van der Waals surface area contributed by atoms with Gasteiger partial charge in [0.2, 0.25) is 5.78 Å². The fourth-order valence-corrected chi connectivity index (χ4v) is 2.80. The molecule has 0 heterocycles. The maximum atomic E-state index is 12.3. The summed E-state index contributed by atoms with van der Waals surface area (Å²) in [6.45, 7) is 0. The van der Waals surface area contributed by atoms with Crippen molar-refractivity contribution in [3.63, 3.8) is 0 Å². The molecule has 1 aromatic rings. The van der Waals surface area contributed by atoms with Crippen molar-refractivity contribution in [3.05, 3.63) is 35.4 Å². The lowest BCUT2D eigenvalue weighted by atomic mass is 9.96. The Labute approximate surface area is 128 Å². The summed E-state index contributed by atoms with van der Waals surface area (Å²) in [5, 5.41) is -0.738. The molecule has 0 amide bonds. The quantitative estimate of drug-likeness (QED) is 0.475. The number of carbonyl (C=O) groups excluding carboxylic acids is 2. The van der Waals surface area contributed by atoms with Crippen molar-refractivity contribution in [2.45, 2.75) is 38.1 Å². The topological polar surface area (TPSA) is 46.5 Å². The Morgan fingerprint density at radius 2 is 1.60 bits per heavy atom. The van der Waals surface area contributed by atoms with Gasteiger partial charge in [-0.1, -0.05) is 49.1 Å². The molecule has 1 aliphatic carbocycles. The lowest BCUT2D eigenvalue weighted by Crippen LogP contribution is -2.17. The highest BCUT2D eigenvalue weighted by molar-refractivity contribution is 6.85. The van der Waals surface area contributed by atoms with Gasteiger partial charge < -0.3 is 0 Å². The van der Waals surface area contributed by atoms with Gasteiger partial charge in [-0.25, -0.2) is 0 Å². The van der Waals surface area contributed by atoms with Crippen LogP contribution >= 0.6 is 23.2 Å². The number of Topliss-reactive ketones (excluding diaryl/α,β-unsaturated/α-hetero) is 1. The molecule has 0 bridgehead atoms. The summed E-state index contributed by atoms with van der Waals surface area (Å²) in [6, 6.07) is 6.48. The molecule has 0 unspecified atom stereocenters. The van der Waals surface area contributed by atoms with Crippen LogP contribution in [0, 0.1) is 0 Å². The van der Waals surface area contributed by atoms with Crippen LogP contribution in [0.15, 0.2) is 29.3 Å². The summed E-state index contributed by atoms with van der Waals surface area (Å²) in [4.78, 5) is 27.9. The van der Waals surface area contributed by atoms with Gasteiger partial charge in [0.15, 0.2) is 5.17 Å². The molecule has 0 saturated heterocycles. The molecule has 1 saturated carbocycles. The molecule has 0 atom stereocenters. The number of rotatable bonds is 4. The summed E-state index contributed by atoms with van der Waals surface area (Å²) in [6.07, 6.45) is 5.35. The van der Waals surface area contributed by atoms with Gasteiger partial charge in [0.05, 0.1) is 6.04 Å². The first-order valence-corrected chi connectivity index (χ1v) is 7.42. The van der Waals surface area contributed by atoms with Crippen LogP contribution in [0.2, 0.25) is 0 Å². The van der Waals surface area contributed by atoms with E-state index in [4.69, 9.17) is 23.2 Å². The predicted molar refractivity (Wildman–Crippen MR) is 81.1 cm³/mol. The lowest BCUT2D eigenvalue weighted by Gasteiger charge is -2.17. The number of carbonyl (C=O) groups is 2. The van der Waals surface area contributed by atoms with Gasteiger partial charge in [-0.15, -0.1) is 0 Å². The molecule has 5 heteroatoms. The van der Waals surface area contributed by atoms with E-state index in [1.165, 1.54) is 18.6 Å². The lowest BCUT2D eigenvalue weighted by molar-refractivity contribution is 0.104. The monoisotopic (exact) mass is 311 g/mol. The summed E-state index contributed by atoms with van der Waals surface area (Å²) < 4.78 is 0. The second-order valence-electron chi connectivity index (χ2n) is 4.86. The Hall–Kier alpha value is -1.19. The van der Waals surface area contributed by atoms with Crippen LogP contribution in [-0.2, 0) is 0 Å². The fourth-order valence-electron chi connectivity index (χ4n) is 2.39. The van der Waals surface area contributed by atoms with Crippen LogP contribution in [0.1, 0.15) is 52.8 Å². The van der Waals surface area contributed by atoms with Crippen molar-refractivity contribution in [1.82, 2.24) is 0 Å². The zero-order valence-electron chi connectivity index (χ0n) is 10.9. The molecule has 106 valence electrons. The number of aliphatic imine (C=N–C) groups is 1. The Balaban J connectivity index is 2.22. The van der Waals surface area contributed by atoms with Crippen molar-refractivity contribution in [2.24, 2.45) is 4.99 Å². The van der Waals surface area contributed by atoms with Crippen LogP contribution in [0.4, 0.5) is 0 Å². The van der Waals surface area contributed by atoms with E-state index in [9.17, 15) is 9.59 Å². The van der Waals surface area contributed by atoms with Crippen LogP contribution < -0.4 is 0 Å². The molecular weight excluding hydrogens is 297 g/mol. The Kier molecular flexibility index (Phi) is 5.32. The minimum Gasteiger partial charge on any atom is -0.286 e. The minimum absolute atomic E-state index is 0.0673. The number of nitrogens with zero attached hydrogens (tertiary/aromatic N) is 1. The molecule has 3 nitrogen and oxygen atoms in total. The molecule has 2 rings (SSSR count). The normalized spacial score (nSPS) is 17.0. The number of hydrogen-bond donors (Lipinski definition) is 0. The van der Waals surface area contributed by atoms with Gasteiger partial charge in [0.25, 0.3) is 5.24 Å². The number of benzene rings is 1. The molecule has 1 aromatic carbocycles. The Morgan fingerprint density at radius 1 is 1.00 bits per heavy atom. The zero-order valence-corrected chi connectivity index (χ0v) is 12.5. The van der Waals surface area contributed by atoms with Crippen molar-refractivity contribution in [2.75, 3.05) is 0 Å². The predicted octanol–water partition coefficient (Wildman–Crippen LogP) is 4.22. The van der Waals surface area contributed by atoms with Crippen molar-refractivity contribution < 1.29 is 9.59 Å². The largest absolute Gasteiger partial charge is 0.286 e. The highest BCUT2D eigenvalue weighted by Gasteiger charge is 2.20. The smallest absolute Gasteiger partial charge is 0.253 e. The Morgan fingerprint density at radius 3 is 2.20 bits per heavy atom. The number of halogens is 2. The van der Waals surface area contributed by atoms with E-state index in [2.05, 4.69) is 4.99 Å². The molecule has 1 fully saturated rings. The third-order valence-electron chi connectivity index (χ3n) is 3.44. The molecule has 1 aliphatic rings. The summed E-state index contributed by atoms with van der Waals surface area (Å²) in [5.74, 6) is -0.443. The van der Waals surface area contributed by atoms with Gasteiger partial charge >= 0.3 is 0 Å². The molecule has 0 spiro atoms. The average Bonchev–Trinajstić information content (AvgIpc) is 2.47. The first-order valence-electron chi connectivity index (χ1n) is 6.66. The number of ketones is 1. The SMILES string of the molecule is O=C(Cl)c1ccccc1C(=O)C(Cl)=NC1CCCCC1. The highest BCUT2D eigenvalue weighted by atomic mass is 35.5. The maximum Gasteiger partial charge on any atom is 0.253 e. The van der Waals surface area contributed by atoms with Crippen LogP contribution in [-0.4, -0.2) is 22.2 Å². The Bertz CT molecular complexity index is 549. The van der Waals surface area contributed by atoms with Gasteiger partial charge in [0.1, 0.15) is 0 Å². The third kappa shape index (κ3) is 3.68. The summed E-state index contributed by atoms with van der Waals surface area (Å²) >= 11 is 11.5. The van der Waals surface area contributed by atoms with E-state index in [1.807, 2.05) is 0 Å². The van der Waals surface area contributed by atoms with Crippen LogP contribution in [0.25, 0.3) is 0 Å². The van der Waals surface area contributed by atoms with Crippen LogP contribution in [0.3, 0.4) is 0 Å². The minimum atomic E-state index is -0.670. The molecule has 0 N–H and O–H groups in total. The van der Waals surface area contributed by atoms with Gasteiger partial charge in [-0.05, 0) is 30.5 Å². The standard InChI is InChI=1S/C15H15Cl2NO2/c16-14(18-10-6-2-1-3-7-10)13(19)11-8-4-5-9-12(11)15(17)20/h4-5,8-10H,1-3,6-7H2. The van der Waals surface area contributed by atoms with E-state index < -0.39 is 11.0 Å². The van der Waals surface area contributed by atoms with E-state index in [0.29, 0.717) is 0 Å². The second kappa shape index (κ2) is 7.00. The third-order valence-corrected chi connectivity index (χ3v) is 3.91. The first kappa shape index (κ1) is 15.2. The fraction of sp³-hybridized carbons (Fsp3) is 0.400. The molecular formula is C15H15Cl2NO2. The first-order chi connectivity index (χ1) is 9.59. The average molecular weight is 312 g/mol. The second-order valence-corrected chi connectivity index (χ2v) is 5.56. The van der Waals surface area contributed by atoms with Crippen molar-refractivity contribution in [3.8, 4) is 0 Å². The molecule has 0 radical (unpaired) electrons. The maximum absolute atomic E-state index is 12.3. The molecule has 20 heavy (non-hydrogen) atoms. The van der Waals surface area contributed by atoms with E-state index in [0.717, 1.165) is 25.7 Å². The highest BCUT2D eigenvalue weighted by Crippen LogP contribution is 2.22. The van der Waals surface area contributed by atoms with Gasteiger partial charge in [-0.2, -0.15) is 0 Å². The molecule has 0 aliphatic heterocycles. The van der Waals surface area contributed by atoms with Crippen molar-refractivity contribution in [1.29, 1.82) is 0 Å². The summed E-state index contributed by atoms with van der Waals surface area (Å²) in [5.41, 5.74) is 0.369. The number of hydrogen-bond acceptors (Lipinski definition) is 3. The van der Waals surface area contributed by atoms with Crippen LogP contribution in [0.5, 0.6) is 0 Å². The zero-order chi connectivity index (χ0) is 14.5. The van der Waals surface area contributed by atoms with E-state index in [1.54, 1.807) is 12.1 Å². The van der Waals surface area contributed by atoms with Gasteiger partial charge in [0, 0.05) is 11.1 Å². The van der Waals surface area contributed by atoms with Gasteiger partial charge in [-0.3, -0.25) is 14.6 Å².